The van der Waals surface area contributed by atoms with Crippen molar-refractivity contribution in [1.29, 1.82) is 0 Å². The molecule has 0 bridgehead atoms. The summed E-state index contributed by atoms with van der Waals surface area (Å²) in [5, 5.41) is 0.823. The lowest BCUT2D eigenvalue weighted by molar-refractivity contribution is 0.673. The summed E-state index contributed by atoms with van der Waals surface area (Å²) in [4.78, 5) is 2.31. The Labute approximate surface area is 120 Å². The molecule has 102 valence electrons. The summed E-state index contributed by atoms with van der Waals surface area (Å²) in [6.07, 6.45) is 4.12. The number of hydrogen-bond donors (Lipinski definition) is 1. The van der Waals surface area contributed by atoms with Crippen LogP contribution in [0.5, 0.6) is 0 Å². The monoisotopic (exact) mass is 286 g/mol. The first-order valence-corrected chi connectivity index (χ1v) is 8.11. The zero-order valence-electron chi connectivity index (χ0n) is 11.4. The smallest absolute Gasteiger partial charge is 0.0459 e. The number of halogens is 1. The highest BCUT2D eigenvalue weighted by molar-refractivity contribution is 7.98. The van der Waals surface area contributed by atoms with E-state index in [1.165, 1.54) is 5.69 Å². The van der Waals surface area contributed by atoms with Crippen LogP contribution in [0.15, 0.2) is 18.2 Å². The minimum Gasteiger partial charge on any atom is -0.371 e. The Bertz CT molecular complexity index is 371. The van der Waals surface area contributed by atoms with Crippen molar-refractivity contribution in [3.05, 3.63) is 28.8 Å². The van der Waals surface area contributed by atoms with E-state index in [-0.39, 0.29) is 0 Å². The normalized spacial score (nSPS) is 12.5. The molecule has 0 aliphatic heterocycles. The van der Waals surface area contributed by atoms with E-state index in [0.29, 0.717) is 12.6 Å². The maximum absolute atomic E-state index is 6.29. The number of nitrogens with zero attached hydrogens (tertiary/aromatic N) is 1. The molecule has 1 rings (SSSR count). The molecule has 0 aliphatic rings. The van der Waals surface area contributed by atoms with Crippen molar-refractivity contribution in [1.82, 2.24) is 0 Å². The molecule has 0 saturated heterocycles. The molecule has 2 nitrogen and oxygen atoms in total. The van der Waals surface area contributed by atoms with Crippen molar-refractivity contribution in [2.24, 2.45) is 5.73 Å². The van der Waals surface area contributed by atoms with Crippen molar-refractivity contribution < 1.29 is 0 Å². The van der Waals surface area contributed by atoms with Gasteiger partial charge >= 0.3 is 0 Å². The molecule has 1 aromatic rings. The third kappa shape index (κ3) is 4.08. The van der Waals surface area contributed by atoms with E-state index in [0.717, 1.165) is 29.2 Å². The number of benzene rings is 1. The molecule has 2 N–H and O–H groups in total. The number of hydrogen-bond acceptors (Lipinski definition) is 3. The lowest BCUT2D eigenvalue weighted by Crippen LogP contribution is -2.33. The Kier molecular flexibility index (Phi) is 6.90. The lowest BCUT2D eigenvalue weighted by atomic mass is 10.1. The van der Waals surface area contributed by atoms with Gasteiger partial charge in [-0.05, 0) is 43.3 Å². The minimum atomic E-state index is 0.552. The zero-order valence-corrected chi connectivity index (χ0v) is 13.0. The summed E-state index contributed by atoms with van der Waals surface area (Å²) in [7, 11) is 2.14. The van der Waals surface area contributed by atoms with Crippen LogP contribution in [0.4, 0.5) is 5.69 Å². The second kappa shape index (κ2) is 7.93. The molecular weight excluding hydrogens is 264 g/mol. The molecule has 0 saturated carbocycles. The van der Waals surface area contributed by atoms with E-state index in [4.69, 9.17) is 17.3 Å². The molecule has 0 aliphatic carbocycles. The quantitative estimate of drug-likeness (QED) is 0.833. The van der Waals surface area contributed by atoms with Gasteiger partial charge in [0.15, 0.2) is 0 Å². The van der Waals surface area contributed by atoms with Crippen LogP contribution in [0.2, 0.25) is 5.02 Å². The summed E-state index contributed by atoms with van der Waals surface area (Å²) >= 11 is 8.17. The molecule has 0 spiro atoms. The van der Waals surface area contributed by atoms with E-state index in [1.807, 2.05) is 11.8 Å². The molecule has 1 aromatic carbocycles. The standard InChI is InChI=1S/C14H23ClN2S/c1-4-12(10-18-3)17(2)13-6-5-11(7-8-16)14(15)9-13/h5-6,9,12H,4,7-8,10,16H2,1-3H3. The second-order valence-corrected chi connectivity index (χ2v) is 5.76. The number of thioether (sulfide) groups is 1. The highest BCUT2D eigenvalue weighted by atomic mass is 35.5. The Hall–Kier alpha value is -0.380. The van der Waals surface area contributed by atoms with Crippen molar-refractivity contribution in [3.8, 4) is 0 Å². The average molecular weight is 287 g/mol. The van der Waals surface area contributed by atoms with Gasteiger partial charge in [0.2, 0.25) is 0 Å². The molecule has 1 atom stereocenters. The largest absolute Gasteiger partial charge is 0.371 e. The van der Waals surface area contributed by atoms with Gasteiger partial charge in [-0.1, -0.05) is 24.6 Å². The van der Waals surface area contributed by atoms with E-state index in [2.05, 4.69) is 43.3 Å². The van der Waals surface area contributed by atoms with Crippen LogP contribution in [-0.2, 0) is 6.42 Å². The van der Waals surface area contributed by atoms with Gasteiger partial charge in [-0.15, -0.1) is 0 Å². The Morgan fingerprint density at radius 1 is 1.44 bits per heavy atom. The maximum Gasteiger partial charge on any atom is 0.0459 e. The minimum absolute atomic E-state index is 0.552. The Morgan fingerprint density at radius 2 is 2.17 bits per heavy atom. The molecule has 18 heavy (non-hydrogen) atoms. The molecule has 0 amide bonds. The van der Waals surface area contributed by atoms with Gasteiger partial charge in [-0.3, -0.25) is 0 Å². The van der Waals surface area contributed by atoms with Crippen LogP contribution in [0, 0.1) is 0 Å². The van der Waals surface area contributed by atoms with Crippen molar-refractivity contribution in [3.63, 3.8) is 0 Å². The van der Waals surface area contributed by atoms with E-state index in [1.54, 1.807) is 0 Å². The number of nitrogens with two attached hydrogens (primary N) is 1. The first kappa shape index (κ1) is 15.7. The summed E-state index contributed by atoms with van der Waals surface area (Å²) in [6.45, 7) is 2.86. The van der Waals surface area contributed by atoms with Gasteiger partial charge in [0.25, 0.3) is 0 Å². The van der Waals surface area contributed by atoms with Gasteiger partial charge in [-0.2, -0.15) is 11.8 Å². The fourth-order valence-electron chi connectivity index (χ4n) is 2.02. The molecule has 0 aromatic heterocycles. The van der Waals surface area contributed by atoms with Crippen LogP contribution in [-0.4, -0.2) is 31.6 Å². The molecule has 1 unspecified atom stereocenters. The molecule has 4 heteroatoms. The predicted octanol–water partition coefficient (Wildman–Crippen LogP) is 3.42. The molecule has 0 fully saturated rings. The van der Waals surface area contributed by atoms with Gasteiger partial charge in [-0.25, -0.2) is 0 Å². The Morgan fingerprint density at radius 3 is 2.67 bits per heavy atom. The second-order valence-electron chi connectivity index (χ2n) is 4.44. The molecule has 0 heterocycles. The average Bonchev–Trinajstić information content (AvgIpc) is 2.37. The number of anilines is 1. The fraction of sp³-hybridized carbons (Fsp3) is 0.571. The van der Waals surface area contributed by atoms with E-state index < -0.39 is 0 Å². The van der Waals surface area contributed by atoms with E-state index >= 15 is 0 Å². The third-order valence-electron chi connectivity index (χ3n) is 3.24. The number of rotatable bonds is 7. The van der Waals surface area contributed by atoms with Crippen molar-refractivity contribution >= 4 is 29.1 Å². The van der Waals surface area contributed by atoms with Crippen molar-refractivity contribution in [2.45, 2.75) is 25.8 Å². The summed E-state index contributed by atoms with van der Waals surface area (Å²) in [6, 6.07) is 6.83. The predicted molar refractivity (Wildman–Crippen MR) is 85.1 cm³/mol. The van der Waals surface area contributed by atoms with Gasteiger partial charge in [0.1, 0.15) is 0 Å². The first-order chi connectivity index (χ1) is 8.63. The summed E-state index contributed by atoms with van der Waals surface area (Å²) < 4.78 is 0. The van der Waals surface area contributed by atoms with Crippen LogP contribution in [0.3, 0.4) is 0 Å². The third-order valence-corrected chi connectivity index (χ3v) is 4.31. The molecule has 0 radical (unpaired) electrons. The van der Waals surface area contributed by atoms with Gasteiger partial charge < -0.3 is 10.6 Å². The maximum atomic E-state index is 6.29. The first-order valence-electron chi connectivity index (χ1n) is 6.34. The van der Waals surface area contributed by atoms with Crippen LogP contribution < -0.4 is 10.6 Å². The Balaban J connectivity index is 2.85. The van der Waals surface area contributed by atoms with Gasteiger partial charge in [0, 0.05) is 29.6 Å². The van der Waals surface area contributed by atoms with Crippen LogP contribution in [0.25, 0.3) is 0 Å². The fourth-order valence-corrected chi connectivity index (χ4v) is 3.13. The molecular formula is C14H23ClN2S. The zero-order chi connectivity index (χ0) is 13.5. The van der Waals surface area contributed by atoms with E-state index in [9.17, 15) is 0 Å². The lowest BCUT2D eigenvalue weighted by Gasteiger charge is -2.29. The highest BCUT2D eigenvalue weighted by Crippen LogP contribution is 2.25. The van der Waals surface area contributed by atoms with Crippen LogP contribution >= 0.6 is 23.4 Å². The van der Waals surface area contributed by atoms with Crippen LogP contribution in [0.1, 0.15) is 18.9 Å². The summed E-state index contributed by atoms with van der Waals surface area (Å²) in [5.41, 5.74) is 7.88. The SMILES string of the molecule is CCC(CSC)N(C)c1ccc(CCN)c(Cl)c1. The topological polar surface area (TPSA) is 29.3 Å². The highest BCUT2D eigenvalue weighted by Gasteiger charge is 2.13. The van der Waals surface area contributed by atoms with Crippen molar-refractivity contribution in [2.75, 3.05) is 30.5 Å². The summed E-state index contributed by atoms with van der Waals surface area (Å²) in [5.74, 6) is 1.13. The van der Waals surface area contributed by atoms with Gasteiger partial charge in [0.05, 0.1) is 0 Å².